The number of anilines is 1. The zero-order chi connectivity index (χ0) is 15.3. The lowest BCUT2D eigenvalue weighted by Gasteiger charge is -2.20. The molecule has 1 aromatic rings. The topological polar surface area (TPSA) is 35.8 Å². The Bertz CT molecular complexity index is 487. The van der Waals surface area contributed by atoms with Gasteiger partial charge in [0.1, 0.15) is 0 Å². The van der Waals surface area contributed by atoms with E-state index in [1.807, 2.05) is 6.92 Å². The number of nitrogens with one attached hydrogen (secondary N) is 1. The monoisotopic (exact) mass is 284 g/mol. The average molecular weight is 284 g/mol. The van der Waals surface area contributed by atoms with Gasteiger partial charge >= 0.3 is 6.18 Å². The molecular formula is C15H19F3N2. The molecule has 0 spiro atoms. The first-order valence-corrected chi connectivity index (χ1v) is 6.62. The van der Waals surface area contributed by atoms with Crippen molar-refractivity contribution in [1.82, 2.24) is 0 Å². The Kier molecular flexibility index (Phi) is 5.43. The van der Waals surface area contributed by atoms with E-state index in [2.05, 4.69) is 19.2 Å². The third-order valence-corrected chi connectivity index (χ3v) is 3.03. The lowest BCUT2D eigenvalue weighted by Crippen LogP contribution is -2.19. The molecule has 1 atom stereocenters. The van der Waals surface area contributed by atoms with E-state index in [1.165, 1.54) is 12.1 Å². The first kappa shape index (κ1) is 16.4. The second-order valence-electron chi connectivity index (χ2n) is 5.39. The zero-order valence-corrected chi connectivity index (χ0v) is 11.9. The molecule has 0 bridgehead atoms. The van der Waals surface area contributed by atoms with E-state index in [-0.39, 0.29) is 17.3 Å². The van der Waals surface area contributed by atoms with Crippen molar-refractivity contribution in [2.45, 2.75) is 45.8 Å². The number of hydrogen-bond donors (Lipinski definition) is 1. The highest BCUT2D eigenvalue weighted by molar-refractivity contribution is 5.56. The normalized spacial score (nSPS) is 13.1. The average Bonchev–Trinajstić information content (AvgIpc) is 2.35. The van der Waals surface area contributed by atoms with Crippen LogP contribution >= 0.6 is 0 Å². The molecule has 0 aliphatic heterocycles. The van der Waals surface area contributed by atoms with Gasteiger partial charge in [-0.05, 0) is 43.9 Å². The number of nitrogens with zero attached hydrogens (tertiary/aromatic N) is 1. The third kappa shape index (κ3) is 4.76. The van der Waals surface area contributed by atoms with Gasteiger partial charge in [-0.2, -0.15) is 18.4 Å². The van der Waals surface area contributed by atoms with E-state index in [4.69, 9.17) is 5.26 Å². The minimum absolute atomic E-state index is 0.0118. The standard InChI is InChI=1S/C15H19F3N2/c1-10(2)4-5-11(3)20-14-7-6-12(9-19)8-13(14)15(16,17)18/h6-8,10-11,20H,4-5H2,1-3H3. The van der Waals surface area contributed by atoms with E-state index in [1.54, 1.807) is 6.07 Å². The van der Waals surface area contributed by atoms with Crippen molar-refractivity contribution in [3.05, 3.63) is 29.3 Å². The molecule has 0 fully saturated rings. The lowest BCUT2D eigenvalue weighted by atomic mass is 10.0. The van der Waals surface area contributed by atoms with Crippen LogP contribution in [0.5, 0.6) is 0 Å². The predicted octanol–water partition coefficient (Wildman–Crippen LogP) is 4.81. The van der Waals surface area contributed by atoms with Crippen molar-refractivity contribution < 1.29 is 13.2 Å². The summed E-state index contributed by atoms with van der Waals surface area (Å²) in [5, 5.41) is 11.6. The van der Waals surface area contributed by atoms with Crippen LogP contribution in [0.2, 0.25) is 0 Å². The van der Waals surface area contributed by atoms with Crippen LogP contribution < -0.4 is 5.32 Å². The van der Waals surface area contributed by atoms with E-state index < -0.39 is 11.7 Å². The molecule has 1 rings (SSSR count). The van der Waals surface area contributed by atoms with Gasteiger partial charge in [0.25, 0.3) is 0 Å². The zero-order valence-electron chi connectivity index (χ0n) is 11.9. The number of halogens is 3. The van der Waals surface area contributed by atoms with E-state index in [0.29, 0.717) is 5.92 Å². The minimum Gasteiger partial charge on any atom is -0.382 e. The number of benzene rings is 1. The summed E-state index contributed by atoms with van der Waals surface area (Å²) < 4.78 is 38.9. The SMILES string of the molecule is CC(C)CCC(C)Nc1ccc(C#N)cc1C(F)(F)F. The molecule has 5 heteroatoms. The molecule has 0 radical (unpaired) electrons. The van der Waals surface area contributed by atoms with Gasteiger partial charge in [0, 0.05) is 11.7 Å². The van der Waals surface area contributed by atoms with Gasteiger partial charge in [-0.1, -0.05) is 13.8 Å². The fraction of sp³-hybridized carbons (Fsp3) is 0.533. The highest BCUT2D eigenvalue weighted by Gasteiger charge is 2.34. The fourth-order valence-electron chi connectivity index (χ4n) is 1.90. The Hall–Kier alpha value is -1.70. The smallest absolute Gasteiger partial charge is 0.382 e. The molecule has 0 heterocycles. The number of hydrogen-bond acceptors (Lipinski definition) is 2. The summed E-state index contributed by atoms with van der Waals surface area (Å²) in [6.07, 6.45) is -2.71. The molecule has 110 valence electrons. The van der Waals surface area contributed by atoms with E-state index >= 15 is 0 Å². The van der Waals surface area contributed by atoms with Gasteiger partial charge in [-0.3, -0.25) is 0 Å². The highest BCUT2D eigenvalue weighted by atomic mass is 19.4. The van der Waals surface area contributed by atoms with Crippen molar-refractivity contribution >= 4 is 5.69 Å². The van der Waals surface area contributed by atoms with Crippen LogP contribution in [0.15, 0.2) is 18.2 Å². The third-order valence-electron chi connectivity index (χ3n) is 3.03. The second kappa shape index (κ2) is 6.65. The quantitative estimate of drug-likeness (QED) is 0.842. The first-order valence-electron chi connectivity index (χ1n) is 6.62. The van der Waals surface area contributed by atoms with Gasteiger partial charge in [0.05, 0.1) is 17.2 Å². The van der Waals surface area contributed by atoms with Crippen LogP contribution in [0.3, 0.4) is 0 Å². The maximum atomic E-state index is 13.0. The van der Waals surface area contributed by atoms with Crippen LogP contribution in [0.25, 0.3) is 0 Å². The van der Waals surface area contributed by atoms with E-state index in [9.17, 15) is 13.2 Å². The van der Waals surface area contributed by atoms with Gasteiger partial charge < -0.3 is 5.32 Å². The highest BCUT2D eigenvalue weighted by Crippen LogP contribution is 2.35. The van der Waals surface area contributed by atoms with Crippen LogP contribution in [0, 0.1) is 17.2 Å². The molecule has 1 unspecified atom stereocenters. The molecule has 0 saturated carbocycles. The van der Waals surface area contributed by atoms with Gasteiger partial charge in [-0.25, -0.2) is 0 Å². The summed E-state index contributed by atoms with van der Waals surface area (Å²) in [5.41, 5.74) is -0.738. The van der Waals surface area contributed by atoms with E-state index in [0.717, 1.165) is 18.9 Å². The molecule has 0 amide bonds. The molecule has 20 heavy (non-hydrogen) atoms. The second-order valence-corrected chi connectivity index (χ2v) is 5.39. The lowest BCUT2D eigenvalue weighted by molar-refractivity contribution is -0.137. The summed E-state index contributed by atoms with van der Waals surface area (Å²) in [5.74, 6) is 0.516. The van der Waals surface area contributed by atoms with Crippen molar-refractivity contribution in [2.24, 2.45) is 5.92 Å². The van der Waals surface area contributed by atoms with Crippen LogP contribution in [0.4, 0.5) is 18.9 Å². The molecule has 1 aromatic carbocycles. The molecule has 0 saturated heterocycles. The minimum atomic E-state index is -4.47. The van der Waals surface area contributed by atoms with Gasteiger partial charge in [0.2, 0.25) is 0 Å². The van der Waals surface area contributed by atoms with Crippen molar-refractivity contribution in [2.75, 3.05) is 5.32 Å². The largest absolute Gasteiger partial charge is 0.418 e. The Morgan fingerprint density at radius 1 is 1.20 bits per heavy atom. The van der Waals surface area contributed by atoms with Crippen molar-refractivity contribution in [1.29, 1.82) is 5.26 Å². The Labute approximate surface area is 117 Å². The van der Waals surface area contributed by atoms with Gasteiger partial charge in [-0.15, -0.1) is 0 Å². The molecule has 2 nitrogen and oxygen atoms in total. The summed E-state index contributed by atoms with van der Waals surface area (Å²) in [6.45, 7) is 6.02. The number of rotatable bonds is 5. The maximum Gasteiger partial charge on any atom is 0.418 e. The van der Waals surface area contributed by atoms with Crippen molar-refractivity contribution in [3.8, 4) is 6.07 Å². The fourth-order valence-corrected chi connectivity index (χ4v) is 1.90. The van der Waals surface area contributed by atoms with Crippen LogP contribution in [-0.4, -0.2) is 6.04 Å². The Balaban J connectivity index is 2.92. The maximum absolute atomic E-state index is 13.0. The predicted molar refractivity (Wildman–Crippen MR) is 73.3 cm³/mol. The summed E-state index contributed by atoms with van der Waals surface area (Å²) in [7, 11) is 0. The number of alkyl halides is 3. The molecular weight excluding hydrogens is 265 g/mol. The molecule has 1 N–H and O–H groups in total. The van der Waals surface area contributed by atoms with Gasteiger partial charge in [0.15, 0.2) is 0 Å². The Morgan fingerprint density at radius 2 is 1.85 bits per heavy atom. The Morgan fingerprint density at radius 3 is 2.35 bits per heavy atom. The van der Waals surface area contributed by atoms with Crippen LogP contribution in [-0.2, 0) is 6.18 Å². The molecule has 0 aromatic heterocycles. The summed E-state index contributed by atoms with van der Waals surface area (Å²) in [4.78, 5) is 0. The summed E-state index contributed by atoms with van der Waals surface area (Å²) >= 11 is 0. The first-order chi connectivity index (χ1) is 9.24. The van der Waals surface area contributed by atoms with Crippen molar-refractivity contribution in [3.63, 3.8) is 0 Å². The number of nitriles is 1. The summed E-state index contributed by atoms with van der Waals surface area (Å²) in [6, 6.07) is 5.29. The molecule has 0 aliphatic carbocycles. The molecule has 0 aliphatic rings. The van der Waals surface area contributed by atoms with Crippen LogP contribution in [0.1, 0.15) is 44.7 Å².